The smallest absolute Gasteiger partial charge is 0.255 e. The van der Waals surface area contributed by atoms with Gasteiger partial charge in [-0.05, 0) is 49.2 Å². The van der Waals surface area contributed by atoms with Crippen LogP contribution < -0.4 is 10.2 Å². The highest BCUT2D eigenvalue weighted by molar-refractivity contribution is 7.84. The molecule has 1 aromatic carbocycles. The lowest BCUT2D eigenvalue weighted by Crippen LogP contribution is -2.19. The summed E-state index contributed by atoms with van der Waals surface area (Å²) in [5, 5.41) is 2.83. The number of carbonyl (C=O) groups excluding carboxylic acids is 1. The molecule has 3 rings (SSSR count). The molecule has 23 heavy (non-hydrogen) atoms. The molecule has 2 heterocycles. The Bertz CT molecular complexity index is 708. The molecule has 1 aromatic heterocycles. The number of rotatable bonds is 4. The zero-order chi connectivity index (χ0) is 16.2. The van der Waals surface area contributed by atoms with E-state index in [1.807, 2.05) is 12.1 Å². The number of benzene rings is 1. The molecule has 1 amide bonds. The van der Waals surface area contributed by atoms with Crippen LogP contribution in [0.3, 0.4) is 0 Å². The second kappa shape index (κ2) is 6.91. The largest absolute Gasteiger partial charge is 0.357 e. The van der Waals surface area contributed by atoms with Crippen molar-refractivity contribution in [2.45, 2.75) is 17.7 Å². The maximum atomic E-state index is 12.2. The lowest BCUT2D eigenvalue weighted by Gasteiger charge is -2.16. The second-order valence-corrected chi connectivity index (χ2v) is 6.91. The summed E-state index contributed by atoms with van der Waals surface area (Å²) >= 11 is 0. The fourth-order valence-electron chi connectivity index (χ4n) is 2.59. The molecule has 5 nitrogen and oxygen atoms in total. The average Bonchev–Trinajstić information content (AvgIpc) is 3.10. The molecule has 1 N–H and O–H groups in total. The van der Waals surface area contributed by atoms with Crippen molar-refractivity contribution in [3.63, 3.8) is 0 Å². The fourth-order valence-corrected chi connectivity index (χ4v) is 3.11. The van der Waals surface area contributed by atoms with Gasteiger partial charge in [-0.3, -0.25) is 9.00 Å². The molecule has 120 valence electrons. The number of hydrogen-bond acceptors (Lipinski definition) is 4. The Morgan fingerprint density at radius 3 is 2.39 bits per heavy atom. The minimum Gasteiger partial charge on any atom is -0.357 e. The summed E-state index contributed by atoms with van der Waals surface area (Å²) < 4.78 is 11.4. The summed E-state index contributed by atoms with van der Waals surface area (Å²) in [7, 11) is -1.04. The average molecular weight is 329 g/mol. The molecule has 0 aliphatic carbocycles. The van der Waals surface area contributed by atoms with Gasteiger partial charge in [0.25, 0.3) is 5.91 Å². The third kappa shape index (κ3) is 3.76. The standard InChI is InChI=1S/C17H19N3O2S/c1-23(22)15-7-4-13(5-8-15)17(21)19-14-6-9-16(18-12-14)20-10-2-3-11-20/h4-9,12H,2-3,10-11H2,1H3,(H,19,21)/t23-/m0/s1. The molecule has 0 unspecified atom stereocenters. The zero-order valence-electron chi connectivity index (χ0n) is 13.0. The van der Waals surface area contributed by atoms with Crippen molar-refractivity contribution in [1.29, 1.82) is 0 Å². The maximum absolute atomic E-state index is 12.2. The first-order chi connectivity index (χ1) is 11.1. The molecule has 1 aliphatic rings. The Hall–Kier alpha value is -2.21. The summed E-state index contributed by atoms with van der Waals surface area (Å²) in [6.07, 6.45) is 5.71. The van der Waals surface area contributed by atoms with Crippen molar-refractivity contribution in [3.05, 3.63) is 48.2 Å². The summed E-state index contributed by atoms with van der Waals surface area (Å²) in [5.74, 6) is 0.754. The number of amides is 1. The lowest BCUT2D eigenvalue weighted by molar-refractivity contribution is 0.102. The topological polar surface area (TPSA) is 62.3 Å². The zero-order valence-corrected chi connectivity index (χ0v) is 13.8. The van der Waals surface area contributed by atoms with Gasteiger partial charge in [-0.15, -0.1) is 0 Å². The van der Waals surface area contributed by atoms with Gasteiger partial charge in [0, 0.05) is 40.6 Å². The van der Waals surface area contributed by atoms with Crippen molar-refractivity contribution in [2.24, 2.45) is 0 Å². The third-order valence-electron chi connectivity index (χ3n) is 3.88. The van der Waals surface area contributed by atoms with Crippen molar-refractivity contribution in [1.82, 2.24) is 4.98 Å². The molecule has 0 saturated carbocycles. The number of anilines is 2. The van der Waals surface area contributed by atoms with Crippen molar-refractivity contribution in [3.8, 4) is 0 Å². The highest BCUT2D eigenvalue weighted by Crippen LogP contribution is 2.19. The van der Waals surface area contributed by atoms with Crippen LogP contribution in [-0.2, 0) is 10.8 Å². The van der Waals surface area contributed by atoms with E-state index in [1.165, 1.54) is 12.8 Å². The molecule has 0 radical (unpaired) electrons. The Morgan fingerprint density at radius 1 is 1.13 bits per heavy atom. The third-order valence-corrected chi connectivity index (χ3v) is 4.82. The molecule has 1 saturated heterocycles. The first-order valence-corrected chi connectivity index (χ1v) is 9.15. The van der Waals surface area contributed by atoms with Crippen LogP contribution in [0.2, 0.25) is 0 Å². The normalized spacial score (nSPS) is 15.4. The van der Waals surface area contributed by atoms with Crippen molar-refractivity contribution >= 4 is 28.2 Å². The summed E-state index contributed by atoms with van der Waals surface area (Å²) in [4.78, 5) is 19.6. The van der Waals surface area contributed by atoms with Gasteiger partial charge in [0.15, 0.2) is 0 Å². The first-order valence-electron chi connectivity index (χ1n) is 7.59. The monoisotopic (exact) mass is 329 g/mol. The number of carbonyl (C=O) groups is 1. The van der Waals surface area contributed by atoms with E-state index in [2.05, 4.69) is 15.2 Å². The van der Waals surface area contributed by atoms with Crippen LogP contribution in [0, 0.1) is 0 Å². The SMILES string of the molecule is C[S@](=O)c1ccc(C(=O)Nc2ccc(N3CCCC3)nc2)cc1. The van der Waals surface area contributed by atoms with E-state index in [0.717, 1.165) is 18.9 Å². The molecule has 1 fully saturated rings. The summed E-state index contributed by atoms with van der Waals surface area (Å²) in [6.45, 7) is 2.09. The number of pyridine rings is 1. The van der Waals surface area contributed by atoms with Crippen LogP contribution >= 0.6 is 0 Å². The van der Waals surface area contributed by atoms with Gasteiger partial charge in [-0.1, -0.05) is 0 Å². The lowest BCUT2D eigenvalue weighted by atomic mass is 10.2. The van der Waals surface area contributed by atoms with E-state index < -0.39 is 10.8 Å². The van der Waals surface area contributed by atoms with Crippen molar-refractivity contribution in [2.75, 3.05) is 29.6 Å². The number of nitrogens with one attached hydrogen (secondary N) is 1. The number of aromatic nitrogens is 1. The van der Waals surface area contributed by atoms with Crippen LogP contribution in [0.4, 0.5) is 11.5 Å². The van der Waals surface area contributed by atoms with Gasteiger partial charge in [-0.25, -0.2) is 4.98 Å². The van der Waals surface area contributed by atoms with E-state index >= 15 is 0 Å². The highest BCUT2D eigenvalue weighted by Gasteiger charge is 2.13. The Balaban J connectivity index is 1.66. The van der Waals surface area contributed by atoms with E-state index in [4.69, 9.17) is 0 Å². The van der Waals surface area contributed by atoms with Crippen LogP contribution in [0.5, 0.6) is 0 Å². The number of hydrogen-bond donors (Lipinski definition) is 1. The second-order valence-electron chi connectivity index (χ2n) is 5.53. The molecular weight excluding hydrogens is 310 g/mol. The number of nitrogens with zero attached hydrogens (tertiary/aromatic N) is 2. The van der Waals surface area contributed by atoms with Gasteiger partial charge >= 0.3 is 0 Å². The minimum atomic E-state index is -1.04. The van der Waals surface area contributed by atoms with Crippen LogP contribution in [-0.4, -0.2) is 34.4 Å². The van der Waals surface area contributed by atoms with Gasteiger partial charge in [0.2, 0.25) is 0 Å². The summed E-state index contributed by atoms with van der Waals surface area (Å²) in [6, 6.07) is 10.6. The fraction of sp³-hybridized carbons (Fsp3) is 0.294. The van der Waals surface area contributed by atoms with Gasteiger partial charge < -0.3 is 10.2 Å². The predicted molar refractivity (Wildman–Crippen MR) is 92.4 cm³/mol. The van der Waals surface area contributed by atoms with Crippen LogP contribution in [0.25, 0.3) is 0 Å². The van der Waals surface area contributed by atoms with Gasteiger partial charge in [-0.2, -0.15) is 0 Å². The molecule has 0 bridgehead atoms. The molecular formula is C17H19N3O2S. The van der Waals surface area contributed by atoms with Crippen LogP contribution in [0.15, 0.2) is 47.5 Å². The molecule has 6 heteroatoms. The van der Waals surface area contributed by atoms with E-state index in [0.29, 0.717) is 16.1 Å². The quantitative estimate of drug-likeness (QED) is 0.937. The maximum Gasteiger partial charge on any atom is 0.255 e. The van der Waals surface area contributed by atoms with E-state index in [1.54, 1.807) is 36.7 Å². The van der Waals surface area contributed by atoms with Gasteiger partial charge in [0.05, 0.1) is 11.9 Å². The van der Waals surface area contributed by atoms with Crippen molar-refractivity contribution < 1.29 is 9.00 Å². The van der Waals surface area contributed by atoms with E-state index in [9.17, 15) is 9.00 Å². The van der Waals surface area contributed by atoms with Crippen LogP contribution in [0.1, 0.15) is 23.2 Å². The minimum absolute atomic E-state index is 0.200. The molecule has 2 aromatic rings. The Labute approximate surface area is 138 Å². The summed E-state index contributed by atoms with van der Waals surface area (Å²) in [5.41, 5.74) is 1.20. The molecule has 1 aliphatic heterocycles. The Morgan fingerprint density at radius 2 is 1.83 bits per heavy atom. The molecule has 0 spiro atoms. The predicted octanol–water partition coefficient (Wildman–Crippen LogP) is 2.67. The highest BCUT2D eigenvalue weighted by atomic mass is 32.2. The first kappa shape index (κ1) is 15.7. The van der Waals surface area contributed by atoms with Gasteiger partial charge in [0.1, 0.15) is 5.82 Å². The molecule has 1 atom stereocenters. The van der Waals surface area contributed by atoms with E-state index in [-0.39, 0.29) is 5.91 Å². The Kier molecular flexibility index (Phi) is 4.71.